The van der Waals surface area contributed by atoms with Crippen LogP contribution in [0.3, 0.4) is 0 Å². The molecule has 0 unspecified atom stereocenters. The van der Waals surface area contributed by atoms with Gasteiger partial charge >= 0.3 is 0 Å². The van der Waals surface area contributed by atoms with Crippen molar-refractivity contribution in [2.24, 2.45) is 10.8 Å². The lowest BCUT2D eigenvalue weighted by atomic mass is 9.59. The molecule has 2 fully saturated rings. The van der Waals surface area contributed by atoms with Crippen molar-refractivity contribution >= 4 is 6.08 Å². The summed E-state index contributed by atoms with van der Waals surface area (Å²) in [6.45, 7) is 4.88. The first-order valence-corrected chi connectivity index (χ1v) is 7.96. The van der Waals surface area contributed by atoms with Crippen LogP contribution >= 0.6 is 0 Å². The highest BCUT2D eigenvalue weighted by molar-refractivity contribution is 5.73. The van der Waals surface area contributed by atoms with Gasteiger partial charge in [0.1, 0.15) is 0 Å². The molecule has 0 spiro atoms. The van der Waals surface area contributed by atoms with E-state index in [0.29, 0.717) is 10.8 Å². The number of hydrogen-bond donors (Lipinski definition) is 0. The molecule has 0 aliphatic heterocycles. The van der Waals surface area contributed by atoms with Gasteiger partial charge < -0.3 is 9.47 Å². The van der Waals surface area contributed by atoms with E-state index in [1.165, 1.54) is 36.8 Å². The SMILES string of the molecule is COc1ccc2c(c1OC)[C@@]13CCCC(C)(C)[C@]1(C=C2)C3. The Labute approximate surface area is 127 Å². The maximum Gasteiger partial charge on any atom is 0.165 e. The molecule has 21 heavy (non-hydrogen) atoms. The van der Waals surface area contributed by atoms with Crippen LogP contribution in [0, 0.1) is 10.8 Å². The molecular weight excluding hydrogens is 260 g/mol. The van der Waals surface area contributed by atoms with E-state index in [-0.39, 0.29) is 5.41 Å². The van der Waals surface area contributed by atoms with Gasteiger partial charge in [0.2, 0.25) is 0 Å². The van der Waals surface area contributed by atoms with E-state index in [0.717, 1.165) is 11.5 Å². The summed E-state index contributed by atoms with van der Waals surface area (Å²) < 4.78 is 11.3. The van der Waals surface area contributed by atoms with Crippen molar-refractivity contribution in [2.75, 3.05) is 14.2 Å². The lowest BCUT2D eigenvalue weighted by Gasteiger charge is -2.45. The van der Waals surface area contributed by atoms with Gasteiger partial charge in [-0.15, -0.1) is 0 Å². The second kappa shape index (κ2) is 3.85. The molecule has 0 radical (unpaired) electrons. The first-order chi connectivity index (χ1) is 10.0. The first-order valence-electron chi connectivity index (χ1n) is 7.96. The second-order valence-electron chi connectivity index (χ2n) is 7.57. The molecule has 4 rings (SSSR count). The predicted octanol–water partition coefficient (Wildman–Crippen LogP) is 4.57. The Bertz CT molecular complexity index is 643. The van der Waals surface area contributed by atoms with Gasteiger partial charge in [-0.05, 0) is 36.3 Å². The van der Waals surface area contributed by atoms with Crippen molar-refractivity contribution in [2.45, 2.75) is 44.9 Å². The largest absolute Gasteiger partial charge is 0.493 e. The molecule has 2 atom stereocenters. The molecule has 1 aromatic rings. The van der Waals surface area contributed by atoms with Crippen LogP contribution in [0.15, 0.2) is 18.2 Å². The summed E-state index contributed by atoms with van der Waals surface area (Å²) in [5, 5.41) is 0. The normalized spacial score (nSPS) is 34.5. The topological polar surface area (TPSA) is 18.5 Å². The van der Waals surface area contributed by atoms with Gasteiger partial charge in [-0.25, -0.2) is 0 Å². The molecule has 2 heteroatoms. The van der Waals surface area contributed by atoms with Gasteiger partial charge in [0.25, 0.3) is 0 Å². The van der Waals surface area contributed by atoms with E-state index in [4.69, 9.17) is 9.47 Å². The van der Waals surface area contributed by atoms with E-state index >= 15 is 0 Å². The Morgan fingerprint density at radius 2 is 1.86 bits per heavy atom. The van der Waals surface area contributed by atoms with Crippen molar-refractivity contribution in [3.63, 3.8) is 0 Å². The molecule has 2 saturated carbocycles. The molecule has 3 aliphatic rings. The average molecular weight is 284 g/mol. The minimum absolute atomic E-state index is 0.277. The standard InChI is InChI=1S/C19H24O2/c1-17(2)9-5-10-18-12-19(17,18)11-8-13-6-7-14(20-3)16(21-4)15(13)18/h6-8,11H,5,9-10,12H2,1-4H3/t18-,19-/m0/s1. The maximum atomic E-state index is 5.78. The Kier molecular flexibility index (Phi) is 2.43. The summed E-state index contributed by atoms with van der Waals surface area (Å²) in [4.78, 5) is 0. The third-order valence-corrected chi connectivity index (χ3v) is 6.53. The fourth-order valence-corrected chi connectivity index (χ4v) is 5.37. The van der Waals surface area contributed by atoms with Crippen LogP contribution in [0.5, 0.6) is 11.5 Å². The van der Waals surface area contributed by atoms with Gasteiger partial charge in [0.15, 0.2) is 11.5 Å². The molecule has 0 saturated heterocycles. The quantitative estimate of drug-likeness (QED) is 0.792. The number of methoxy groups -OCH3 is 2. The zero-order valence-corrected chi connectivity index (χ0v) is 13.5. The van der Waals surface area contributed by atoms with E-state index < -0.39 is 0 Å². The van der Waals surface area contributed by atoms with Crippen molar-refractivity contribution < 1.29 is 9.47 Å². The van der Waals surface area contributed by atoms with E-state index in [1.807, 2.05) is 6.07 Å². The third-order valence-electron chi connectivity index (χ3n) is 6.53. The third kappa shape index (κ3) is 1.34. The Morgan fingerprint density at radius 3 is 2.57 bits per heavy atom. The molecule has 112 valence electrons. The summed E-state index contributed by atoms with van der Waals surface area (Å²) in [6, 6.07) is 4.22. The fraction of sp³-hybridized carbons (Fsp3) is 0.579. The molecule has 3 aliphatic carbocycles. The van der Waals surface area contributed by atoms with Crippen molar-refractivity contribution in [1.29, 1.82) is 0 Å². The number of hydrogen-bond acceptors (Lipinski definition) is 2. The summed E-state index contributed by atoms with van der Waals surface area (Å²) in [7, 11) is 3.50. The molecule has 0 bridgehead atoms. The van der Waals surface area contributed by atoms with Gasteiger partial charge in [-0.1, -0.05) is 38.5 Å². The maximum absolute atomic E-state index is 5.78. The van der Waals surface area contributed by atoms with Crippen molar-refractivity contribution in [3.05, 3.63) is 29.3 Å². The molecule has 0 N–H and O–H groups in total. The average Bonchev–Trinajstić information content (AvgIpc) is 3.18. The monoisotopic (exact) mass is 284 g/mol. The van der Waals surface area contributed by atoms with Gasteiger partial charge in [0, 0.05) is 16.4 Å². The summed E-state index contributed by atoms with van der Waals surface area (Å²) >= 11 is 0. The van der Waals surface area contributed by atoms with E-state index in [2.05, 4.69) is 32.1 Å². The molecular formula is C19H24O2. The highest BCUT2D eigenvalue weighted by atomic mass is 16.5. The highest BCUT2D eigenvalue weighted by Crippen LogP contribution is 2.81. The van der Waals surface area contributed by atoms with Crippen LogP contribution in [-0.4, -0.2) is 14.2 Å². The van der Waals surface area contributed by atoms with Crippen molar-refractivity contribution in [3.8, 4) is 11.5 Å². The number of allylic oxidation sites excluding steroid dienone is 1. The molecule has 0 aromatic heterocycles. The Balaban J connectivity index is 1.97. The van der Waals surface area contributed by atoms with Crippen LogP contribution in [0.4, 0.5) is 0 Å². The first kappa shape index (κ1) is 13.2. The lowest BCUT2D eigenvalue weighted by molar-refractivity contribution is 0.140. The second-order valence-corrected chi connectivity index (χ2v) is 7.57. The minimum Gasteiger partial charge on any atom is -0.493 e. The minimum atomic E-state index is 0.277. The van der Waals surface area contributed by atoms with Crippen molar-refractivity contribution in [1.82, 2.24) is 0 Å². The summed E-state index contributed by atoms with van der Waals surface area (Å²) in [5.74, 6) is 1.82. The number of rotatable bonds is 2. The Hall–Kier alpha value is -1.44. The molecule has 0 amide bonds. The molecule has 2 nitrogen and oxygen atoms in total. The summed E-state index contributed by atoms with van der Waals surface area (Å²) in [5.41, 5.74) is 3.69. The highest BCUT2D eigenvalue weighted by Gasteiger charge is 2.75. The van der Waals surface area contributed by atoms with Gasteiger partial charge in [-0.3, -0.25) is 0 Å². The van der Waals surface area contributed by atoms with Gasteiger partial charge in [-0.2, -0.15) is 0 Å². The zero-order valence-electron chi connectivity index (χ0n) is 13.5. The van der Waals surface area contributed by atoms with Crippen LogP contribution < -0.4 is 9.47 Å². The predicted molar refractivity (Wildman–Crippen MR) is 84.9 cm³/mol. The van der Waals surface area contributed by atoms with Crippen LogP contribution in [0.2, 0.25) is 0 Å². The van der Waals surface area contributed by atoms with Gasteiger partial charge in [0.05, 0.1) is 14.2 Å². The summed E-state index contributed by atoms with van der Waals surface area (Å²) in [6.07, 6.45) is 9.98. The van der Waals surface area contributed by atoms with E-state index in [1.54, 1.807) is 14.2 Å². The fourth-order valence-electron chi connectivity index (χ4n) is 5.37. The smallest absolute Gasteiger partial charge is 0.165 e. The Morgan fingerprint density at radius 1 is 1.05 bits per heavy atom. The van der Waals surface area contributed by atoms with Crippen LogP contribution in [0.1, 0.15) is 50.7 Å². The van der Waals surface area contributed by atoms with Crippen LogP contribution in [-0.2, 0) is 5.41 Å². The lowest BCUT2D eigenvalue weighted by Crippen LogP contribution is -2.37. The number of fused-ring (bicyclic) bond motifs is 1. The number of benzene rings is 1. The zero-order chi connectivity index (χ0) is 14.9. The van der Waals surface area contributed by atoms with E-state index in [9.17, 15) is 0 Å². The molecule has 1 aromatic carbocycles. The number of ether oxygens (including phenoxy) is 2. The van der Waals surface area contributed by atoms with Crippen LogP contribution in [0.25, 0.3) is 6.08 Å². The molecule has 0 heterocycles.